The zero-order valence-electron chi connectivity index (χ0n) is 13.0. The summed E-state index contributed by atoms with van der Waals surface area (Å²) in [7, 11) is 2.03. The summed E-state index contributed by atoms with van der Waals surface area (Å²) in [6, 6.07) is 3.41. The van der Waals surface area contributed by atoms with E-state index in [1.165, 1.54) is 12.7 Å². The van der Waals surface area contributed by atoms with E-state index in [9.17, 15) is 9.59 Å². The highest BCUT2D eigenvalue weighted by Gasteiger charge is 2.32. The van der Waals surface area contributed by atoms with Gasteiger partial charge in [-0.1, -0.05) is 6.42 Å². The van der Waals surface area contributed by atoms with Gasteiger partial charge in [-0.3, -0.25) is 14.5 Å². The molecule has 6 heteroatoms. The maximum absolute atomic E-state index is 12.6. The molecule has 0 radical (unpaired) electrons. The predicted molar refractivity (Wildman–Crippen MR) is 81.5 cm³/mol. The van der Waals surface area contributed by atoms with E-state index in [-0.39, 0.29) is 17.9 Å². The first-order valence-corrected chi connectivity index (χ1v) is 7.98. The van der Waals surface area contributed by atoms with Gasteiger partial charge < -0.3 is 14.2 Å². The van der Waals surface area contributed by atoms with Crippen molar-refractivity contribution in [1.29, 1.82) is 0 Å². The molecule has 1 aromatic rings. The monoisotopic (exact) mass is 305 g/mol. The second kappa shape index (κ2) is 6.52. The van der Waals surface area contributed by atoms with E-state index in [0.29, 0.717) is 31.9 Å². The number of likely N-dealkylation sites (tertiary alicyclic amines) is 1. The lowest BCUT2D eigenvalue weighted by atomic mass is 10.0. The number of likely N-dealkylation sites (N-methyl/N-ethyl adjacent to an activating group) is 1. The third-order valence-corrected chi connectivity index (χ3v) is 4.67. The Morgan fingerprint density at radius 2 is 1.82 bits per heavy atom. The molecule has 2 aliphatic rings. The van der Waals surface area contributed by atoms with Crippen molar-refractivity contribution in [2.24, 2.45) is 0 Å². The van der Waals surface area contributed by atoms with Crippen LogP contribution in [0.5, 0.6) is 0 Å². The zero-order valence-corrected chi connectivity index (χ0v) is 13.0. The first-order chi connectivity index (χ1) is 10.7. The number of hydrogen-bond acceptors (Lipinski definition) is 4. The molecular formula is C16H23N3O3. The van der Waals surface area contributed by atoms with Crippen molar-refractivity contribution in [2.45, 2.75) is 25.3 Å². The van der Waals surface area contributed by atoms with Crippen LogP contribution in [0.25, 0.3) is 0 Å². The SMILES string of the molecule is CN1CCCCC1C(=O)N1CCN(C(=O)c2ccco2)CC1. The normalized spacial score (nSPS) is 23.6. The summed E-state index contributed by atoms with van der Waals surface area (Å²) < 4.78 is 5.15. The highest BCUT2D eigenvalue weighted by molar-refractivity contribution is 5.91. The molecule has 1 unspecified atom stereocenters. The van der Waals surface area contributed by atoms with E-state index in [4.69, 9.17) is 4.42 Å². The van der Waals surface area contributed by atoms with Crippen LogP contribution in [0, 0.1) is 0 Å². The molecule has 2 amide bonds. The largest absolute Gasteiger partial charge is 0.459 e. The van der Waals surface area contributed by atoms with E-state index < -0.39 is 0 Å². The topological polar surface area (TPSA) is 57.0 Å². The third-order valence-electron chi connectivity index (χ3n) is 4.67. The highest BCUT2D eigenvalue weighted by atomic mass is 16.3. The maximum Gasteiger partial charge on any atom is 0.289 e. The summed E-state index contributed by atoms with van der Waals surface area (Å²) in [5.41, 5.74) is 0. The summed E-state index contributed by atoms with van der Waals surface area (Å²) in [5, 5.41) is 0. The average molecular weight is 305 g/mol. The van der Waals surface area contributed by atoms with Crippen LogP contribution in [0.3, 0.4) is 0 Å². The van der Waals surface area contributed by atoms with Crippen LogP contribution in [-0.4, -0.2) is 72.3 Å². The predicted octanol–water partition coefficient (Wildman–Crippen LogP) is 1.05. The fourth-order valence-electron chi connectivity index (χ4n) is 3.28. The molecule has 22 heavy (non-hydrogen) atoms. The molecule has 2 aliphatic heterocycles. The minimum Gasteiger partial charge on any atom is -0.459 e. The zero-order chi connectivity index (χ0) is 15.5. The molecule has 1 aromatic heterocycles. The van der Waals surface area contributed by atoms with E-state index in [0.717, 1.165) is 19.4 Å². The Morgan fingerprint density at radius 3 is 2.45 bits per heavy atom. The lowest BCUT2D eigenvalue weighted by Gasteiger charge is -2.39. The van der Waals surface area contributed by atoms with Gasteiger partial charge >= 0.3 is 0 Å². The van der Waals surface area contributed by atoms with Gasteiger partial charge in [-0.05, 0) is 38.6 Å². The van der Waals surface area contributed by atoms with Crippen molar-refractivity contribution >= 4 is 11.8 Å². The van der Waals surface area contributed by atoms with Crippen molar-refractivity contribution < 1.29 is 14.0 Å². The first kappa shape index (κ1) is 15.1. The van der Waals surface area contributed by atoms with Gasteiger partial charge in [-0.25, -0.2) is 0 Å². The number of hydrogen-bond donors (Lipinski definition) is 0. The molecule has 0 spiro atoms. The van der Waals surface area contributed by atoms with E-state index in [2.05, 4.69) is 4.90 Å². The summed E-state index contributed by atoms with van der Waals surface area (Å²) in [6.45, 7) is 3.35. The number of carbonyl (C=O) groups is 2. The third kappa shape index (κ3) is 3.02. The lowest BCUT2D eigenvalue weighted by Crippen LogP contribution is -2.56. The van der Waals surface area contributed by atoms with Crippen LogP contribution >= 0.6 is 0 Å². The van der Waals surface area contributed by atoms with Crippen molar-refractivity contribution in [3.05, 3.63) is 24.2 Å². The summed E-state index contributed by atoms with van der Waals surface area (Å²) >= 11 is 0. The van der Waals surface area contributed by atoms with Crippen LogP contribution in [0.2, 0.25) is 0 Å². The standard InChI is InChI=1S/C16H23N3O3/c1-17-7-3-2-5-13(17)15(20)18-8-10-19(11-9-18)16(21)14-6-4-12-22-14/h4,6,12-13H,2-3,5,7-11H2,1H3. The summed E-state index contributed by atoms with van der Waals surface area (Å²) in [4.78, 5) is 30.7. The molecule has 120 valence electrons. The van der Waals surface area contributed by atoms with Gasteiger partial charge in [0, 0.05) is 26.2 Å². The van der Waals surface area contributed by atoms with Gasteiger partial charge in [0.1, 0.15) is 0 Å². The highest BCUT2D eigenvalue weighted by Crippen LogP contribution is 2.18. The Balaban J connectivity index is 1.55. The minimum atomic E-state index is -0.0908. The van der Waals surface area contributed by atoms with E-state index in [1.807, 2.05) is 11.9 Å². The fraction of sp³-hybridized carbons (Fsp3) is 0.625. The Hall–Kier alpha value is -1.82. The molecule has 0 saturated carbocycles. The van der Waals surface area contributed by atoms with Crippen LogP contribution in [0.15, 0.2) is 22.8 Å². The number of amides is 2. The Bertz CT molecular complexity index is 521. The molecular weight excluding hydrogens is 282 g/mol. The summed E-state index contributed by atoms with van der Waals surface area (Å²) in [6.07, 6.45) is 4.75. The summed E-state index contributed by atoms with van der Waals surface area (Å²) in [5.74, 6) is 0.492. The number of carbonyl (C=O) groups excluding carboxylic acids is 2. The van der Waals surface area contributed by atoms with Crippen molar-refractivity contribution in [1.82, 2.24) is 14.7 Å². The van der Waals surface area contributed by atoms with Crippen LogP contribution in [-0.2, 0) is 4.79 Å². The second-order valence-corrected chi connectivity index (χ2v) is 6.09. The number of rotatable bonds is 2. The number of furan rings is 1. The van der Waals surface area contributed by atoms with Gasteiger partial charge in [0.15, 0.2) is 5.76 Å². The fourth-order valence-corrected chi connectivity index (χ4v) is 3.28. The van der Waals surface area contributed by atoms with Crippen molar-refractivity contribution in [3.8, 4) is 0 Å². The smallest absolute Gasteiger partial charge is 0.289 e. The van der Waals surface area contributed by atoms with Gasteiger partial charge in [-0.2, -0.15) is 0 Å². The molecule has 0 bridgehead atoms. The van der Waals surface area contributed by atoms with Gasteiger partial charge in [0.2, 0.25) is 5.91 Å². The van der Waals surface area contributed by atoms with Crippen LogP contribution in [0.1, 0.15) is 29.8 Å². The second-order valence-electron chi connectivity index (χ2n) is 6.09. The van der Waals surface area contributed by atoms with Gasteiger partial charge in [-0.15, -0.1) is 0 Å². The minimum absolute atomic E-state index is 0.0149. The number of piperazine rings is 1. The van der Waals surface area contributed by atoms with Gasteiger partial charge in [0.25, 0.3) is 5.91 Å². The molecule has 2 saturated heterocycles. The van der Waals surface area contributed by atoms with Crippen LogP contribution in [0.4, 0.5) is 0 Å². The Kier molecular flexibility index (Phi) is 4.47. The average Bonchev–Trinajstić information content (AvgIpc) is 3.09. The molecule has 0 N–H and O–H groups in total. The molecule has 3 heterocycles. The molecule has 0 aromatic carbocycles. The molecule has 0 aliphatic carbocycles. The van der Waals surface area contributed by atoms with Crippen LogP contribution < -0.4 is 0 Å². The molecule has 1 atom stereocenters. The molecule has 2 fully saturated rings. The number of nitrogens with zero attached hydrogens (tertiary/aromatic N) is 3. The first-order valence-electron chi connectivity index (χ1n) is 7.98. The quantitative estimate of drug-likeness (QED) is 0.819. The number of piperidine rings is 1. The Labute approximate surface area is 130 Å². The van der Waals surface area contributed by atoms with E-state index >= 15 is 0 Å². The van der Waals surface area contributed by atoms with Gasteiger partial charge in [0.05, 0.1) is 12.3 Å². The maximum atomic E-state index is 12.6. The van der Waals surface area contributed by atoms with Crippen molar-refractivity contribution in [2.75, 3.05) is 39.8 Å². The molecule has 6 nitrogen and oxygen atoms in total. The lowest BCUT2D eigenvalue weighted by molar-refractivity contribution is -0.139. The van der Waals surface area contributed by atoms with E-state index in [1.54, 1.807) is 17.0 Å². The Morgan fingerprint density at radius 1 is 1.09 bits per heavy atom. The molecule has 3 rings (SSSR count). The van der Waals surface area contributed by atoms with Crippen molar-refractivity contribution in [3.63, 3.8) is 0 Å².